The van der Waals surface area contributed by atoms with Gasteiger partial charge in [0.05, 0.1) is 71.5 Å². The van der Waals surface area contributed by atoms with Crippen LogP contribution in [0, 0.1) is 30.0 Å². The number of hydrogen-bond acceptors (Lipinski definition) is 13. The van der Waals surface area contributed by atoms with E-state index < -0.39 is 70.5 Å². The fourth-order valence-corrected chi connectivity index (χ4v) is 10.9. The van der Waals surface area contributed by atoms with Gasteiger partial charge in [-0.15, -0.1) is 11.3 Å². The van der Waals surface area contributed by atoms with Crippen molar-refractivity contribution in [3.8, 4) is 28.0 Å². The number of ether oxygens (including phenoxy) is 4. The first-order chi connectivity index (χ1) is 36.2. The van der Waals surface area contributed by atoms with E-state index in [0.717, 1.165) is 33.2 Å². The minimum Gasteiger partial charge on any atom is -0.491 e. The van der Waals surface area contributed by atoms with Crippen molar-refractivity contribution in [2.24, 2.45) is 5.92 Å². The molecule has 0 aliphatic carbocycles. The normalized spacial score (nSPS) is 17.6. The van der Waals surface area contributed by atoms with Gasteiger partial charge in [0.1, 0.15) is 48.2 Å². The third kappa shape index (κ3) is 11.7. The highest BCUT2D eigenvalue weighted by Gasteiger charge is 2.51. The lowest BCUT2D eigenvalue weighted by Crippen LogP contribution is -2.55. The number of halogens is 4. The molecule has 0 unspecified atom stereocenters. The van der Waals surface area contributed by atoms with Crippen LogP contribution in [0.5, 0.6) is 11.5 Å². The van der Waals surface area contributed by atoms with E-state index in [2.05, 4.69) is 10.3 Å². The van der Waals surface area contributed by atoms with Crippen LogP contribution in [-0.2, 0) is 43.1 Å². The second-order valence-corrected chi connectivity index (χ2v) is 20.4. The second-order valence-electron chi connectivity index (χ2n) is 19.2. The number of thiocarbonyl (C=S) groups is 1. The first-order valence-corrected chi connectivity index (χ1v) is 25.7. The van der Waals surface area contributed by atoms with Crippen LogP contribution < -0.4 is 24.6 Å². The highest BCUT2D eigenvalue weighted by molar-refractivity contribution is 7.81. The monoisotopic (exact) mass is 1090 g/mol. The number of amides is 4. The van der Waals surface area contributed by atoms with Gasteiger partial charge < -0.3 is 44.1 Å². The van der Waals surface area contributed by atoms with Gasteiger partial charge in [-0.05, 0) is 111 Å². The number of nitrogens with one attached hydrogen (secondary N) is 1. The van der Waals surface area contributed by atoms with Crippen LogP contribution in [0.4, 0.5) is 28.9 Å². The van der Waals surface area contributed by atoms with Gasteiger partial charge in [-0.25, -0.2) is 9.37 Å². The van der Waals surface area contributed by atoms with E-state index in [1.54, 1.807) is 68.4 Å². The molecule has 0 bridgehead atoms. The number of rotatable bonds is 20. The molecule has 3 aliphatic rings. The van der Waals surface area contributed by atoms with Crippen molar-refractivity contribution in [2.75, 3.05) is 56.0 Å². The van der Waals surface area contributed by atoms with Gasteiger partial charge in [0, 0.05) is 42.9 Å². The molecule has 0 saturated carbocycles. The Labute approximate surface area is 445 Å². The van der Waals surface area contributed by atoms with Crippen LogP contribution in [0.15, 0.2) is 84.4 Å². The summed E-state index contributed by atoms with van der Waals surface area (Å²) in [5.41, 5.74) is 2.33. The van der Waals surface area contributed by atoms with Crippen molar-refractivity contribution in [1.82, 2.24) is 20.1 Å². The van der Waals surface area contributed by atoms with Crippen molar-refractivity contribution in [2.45, 2.75) is 84.0 Å². The third-order valence-corrected chi connectivity index (χ3v) is 14.7. The van der Waals surface area contributed by atoms with E-state index in [0.29, 0.717) is 28.3 Å². The molecule has 4 amide bonds. The van der Waals surface area contributed by atoms with E-state index in [1.807, 2.05) is 25.1 Å². The number of thiazole rings is 1. The third-order valence-electron chi connectivity index (χ3n) is 13.3. The number of nitrogens with zero attached hydrogens (tertiary/aromatic N) is 6. The van der Waals surface area contributed by atoms with Crippen LogP contribution in [0.3, 0.4) is 0 Å². The maximum absolute atomic E-state index is 14.2. The zero-order chi connectivity index (χ0) is 54.6. The molecule has 8 rings (SSSR count). The van der Waals surface area contributed by atoms with Gasteiger partial charge in [-0.2, -0.15) is 18.4 Å². The molecule has 2 saturated heterocycles. The zero-order valence-corrected chi connectivity index (χ0v) is 43.8. The van der Waals surface area contributed by atoms with Crippen LogP contribution in [-0.4, -0.2) is 119 Å². The summed E-state index contributed by atoms with van der Waals surface area (Å²) in [6.07, 6.45) is -5.78. The largest absolute Gasteiger partial charge is 0.491 e. The Morgan fingerprint density at radius 1 is 0.947 bits per heavy atom. The number of carbonyl (C=O) groups is 4. The maximum Gasteiger partial charge on any atom is 0.417 e. The number of nitriles is 1. The average Bonchev–Trinajstić information content (AvgIpc) is 4.16. The number of likely N-dealkylation sites (tertiary alicyclic amines) is 1. The number of β-amino-alcohol motifs (C(OH)–C–C–N with tert-alkyl or cyclic N) is 1. The standard InChI is InChI=1S/C54H55F4N7O9S2/c1-31(2)46(63-28-36-8-10-37(55)23-42(36)49(63)68)50(69)62-29-40(66)25-44(62)48(67)60-27-35-7-6-33(47-32(3)61-30-76-47)22-45(35)74-21-19-72-17-16-71-18-20-73-41-14-12-38(13-15-41)65-52(75)64(51(70)53(65,4)5)39-11-9-34(26-59)43(24-39)54(56,57)58/h6-15,22-24,30-31,40,44,46,66H,16-21,25,27-29H2,1-5H3,(H,60,67)/t40-,44+,46+/m1/s1. The molecular formula is C54H55F4N7O9S2. The summed E-state index contributed by atoms with van der Waals surface area (Å²) in [4.78, 5) is 65.8. The summed E-state index contributed by atoms with van der Waals surface area (Å²) in [5.74, 6) is -1.89. The molecule has 1 aromatic heterocycles. The Bertz CT molecular complexity index is 3060. The summed E-state index contributed by atoms with van der Waals surface area (Å²) in [6, 6.07) is 18.9. The molecule has 4 heterocycles. The zero-order valence-electron chi connectivity index (χ0n) is 42.2. The van der Waals surface area contributed by atoms with E-state index in [9.17, 15) is 47.1 Å². The quantitative estimate of drug-likeness (QED) is 0.0437. The van der Waals surface area contributed by atoms with Crippen molar-refractivity contribution < 1.29 is 60.8 Å². The fraction of sp³-hybridized carbons (Fsp3) is 0.389. The summed E-state index contributed by atoms with van der Waals surface area (Å²) in [7, 11) is 0. The molecule has 22 heteroatoms. The Balaban J connectivity index is 0.799. The number of aromatic nitrogens is 1. The number of aryl methyl sites for hydroxylation is 1. The van der Waals surface area contributed by atoms with Crippen molar-refractivity contribution in [1.29, 1.82) is 5.26 Å². The lowest BCUT2D eigenvalue weighted by molar-refractivity contribution is -0.143. The minimum atomic E-state index is -4.82. The van der Waals surface area contributed by atoms with Gasteiger partial charge in [0.15, 0.2) is 5.11 Å². The van der Waals surface area contributed by atoms with Gasteiger partial charge in [0.25, 0.3) is 11.8 Å². The molecule has 16 nitrogen and oxygen atoms in total. The highest BCUT2D eigenvalue weighted by atomic mass is 32.1. The van der Waals surface area contributed by atoms with Crippen LogP contribution in [0.1, 0.15) is 72.4 Å². The van der Waals surface area contributed by atoms with Crippen molar-refractivity contribution in [3.63, 3.8) is 0 Å². The molecule has 5 aromatic rings. The lowest BCUT2D eigenvalue weighted by atomic mass is 10.0. The molecule has 3 atom stereocenters. The molecule has 4 aromatic carbocycles. The first-order valence-electron chi connectivity index (χ1n) is 24.4. The number of aliphatic hydroxyl groups excluding tert-OH is 1. The van der Waals surface area contributed by atoms with Gasteiger partial charge in [-0.1, -0.05) is 32.0 Å². The number of benzene rings is 4. The predicted octanol–water partition coefficient (Wildman–Crippen LogP) is 7.81. The Morgan fingerprint density at radius 3 is 2.29 bits per heavy atom. The predicted molar refractivity (Wildman–Crippen MR) is 277 cm³/mol. The average molecular weight is 1090 g/mol. The van der Waals surface area contributed by atoms with E-state index in [1.165, 1.54) is 45.4 Å². The summed E-state index contributed by atoms with van der Waals surface area (Å²) in [5, 5.41) is 22.9. The van der Waals surface area contributed by atoms with Gasteiger partial charge in [0.2, 0.25) is 11.8 Å². The number of anilines is 2. The van der Waals surface area contributed by atoms with Crippen LogP contribution in [0.2, 0.25) is 0 Å². The molecule has 2 fully saturated rings. The first kappa shape index (κ1) is 55.2. The lowest BCUT2D eigenvalue weighted by Gasteiger charge is -2.35. The maximum atomic E-state index is 14.2. The van der Waals surface area contributed by atoms with Crippen molar-refractivity contribution >= 4 is 63.7 Å². The smallest absolute Gasteiger partial charge is 0.417 e. The Kier molecular flexibility index (Phi) is 16.8. The minimum absolute atomic E-state index is 0.00391. The number of carbonyl (C=O) groups excluding carboxylic acids is 4. The Morgan fingerprint density at radius 2 is 1.63 bits per heavy atom. The number of hydrogen-bond donors (Lipinski definition) is 2. The molecule has 3 aliphatic heterocycles. The topological polar surface area (TPSA) is 187 Å². The number of fused-ring (bicyclic) bond motifs is 1. The summed E-state index contributed by atoms with van der Waals surface area (Å²) < 4.78 is 78.9. The number of aliphatic hydroxyl groups is 1. The Hall–Kier alpha value is -7.03. The molecule has 76 heavy (non-hydrogen) atoms. The summed E-state index contributed by atoms with van der Waals surface area (Å²) >= 11 is 7.11. The van der Waals surface area contributed by atoms with Gasteiger partial charge in [-0.3, -0.25) is 24.1 Å². The van der Waals surface area contributed by atoms with Crippen LogP contribution >= 0.6 is 23.6 Å². The van der Waals surface area contributed by atoms with E-state index >= 15 is 0 Å². The molecule has 2 N–H and O–H groups in total. The van der Waals surface area contributed by atoms with Gasteiger partial charge >= 0.3 is 6.18 Å². The van der Waals surface area contributed by atoms with Crippen molar-refractivity contribution in [3.05, 3.63) is 124 Å². The van der Waals surface area contributed by atoms with Crippen LogP contribution in [0.25, 0.3) is 10.4 Å². The molecule has 0 radical (unpaired) electrons. The second kappa shape index (κ2) is 23.1. The summed E-state index contributed by atoms with van der Waals surface area (Å²) in [6.45, 7) is 10.1. The molecule has 400 valence electrons. The number of alkyl halides is 3. The van der Waals surface area contributed by atoms with E-state index in [-0.39, 0.29) is 88.0 Å². The fourth-order valence-electron chi connectivity index (χ4n) is 9.53. The SMILES string of the molecule is Cc1ncsc1-c1ccc(CNC(=O)[C@@H]2C[C@@H](O)CN2C(=O)[C@H](C(C)C)N2Cc3ccc(F)cc3C2=O)c(OCCOCCOCCOc2ccc(N3C(=S)N(c4ccc(C#N)c(C(F)(F)F)c4)C(=O)C3(C)C)cc2)c1. The molecular weight excluding hydrogens is 1030 g/mol. The van der Waals surface area contributed by atoms with E-state index in [4.69, 9.17) is 31.2 Å². The highest BCUT2D eigenvalue weighted by Crippen LogP contribution is 2.40. The molecule has 0 spiro atoms.